The van der Waals surface area contributed by atoms with Crippen LogP contribution in [0.3, 0.4) is 0 Å². The second kappa shape index (κ2) is 14.5. The molecular weight excluding hydrogens is 570 g/mol. The van der Waals surface area contributed by atoms with Crippen LogP contribution in [0.25, 0.3) is 17.0 Å². The molecular formula is C32H44F2N6O4. The molecule has 0 spiro atoms. The average molecular weight is 615 g/mol. The van der Waals surface area contributed by atoms with Crippen LogP contribution in [0, 0.1) is 5.92 Å². The van der Waals surface area contributed by atoms with E-state index in [9.17, 15) is 28.3 Å². The third-order valence-corrected chi connectivity index (χ3v) is 8.13. The van der Waals surface area contributed by atoms with Crippen molar-refractivity contribution >= 4 is 34.7 Å². The van der Waals surface area contributed by atoms with Crippen LogP contribution in [0.15, 0.2) is 36.4 Å². The molecule has 44 heavy (non-hydrogen) atoms. The van der Waals surface area contributed by atoms with Crippen LogP contribution in [0.5, 0.6) is 0 Å². The molecule has 10 nitrogen and oxygen atoms in total. The van der Waals surface area contributed by atoms with E-state index in [1.165, 1.54) is 5.01 Å². The molecule has 12 heteroatoms. The second-order valence-electron chi connectivity index (χ2n) is 12.2. The molecule has 5 bridgehead atoms. The van der Waals surface area contributed by atoms with Crippen LogP contribution in [0.4, 0.5) is 8.78 Å². The van der Waals surface area contributed by atoms with Gasteiger partial charge in [0.05, 0.1) is 23.3 Å². The number of rotatable bonds is 1. The standard InChI is InChI=1S/C32H44F2N6O4/c1-19(2)28-30(43)36-21(4)31(44)40-17-7-9-25(39-40)29(42)35-20(3)24-13-12-23-11-10-22(18-26(23)37-24)8-5-6-15-32(33,34)16-14-27(41)38-28/h5,8,10-13,18-21,25,27-28,38-39,41H,6-7,9,14-17H2,1-4H3,(H,35,42)(H,36,43). The maximum Gasteiger partial charge on any atom is 0.258 e. The summed E-state index contributed by atoms with van der Waals surface area (Å²) in [6, 6.07) is 6.53. The van der Waals surface area contributed by atoms with Gasteiger partial charge in [-0.1, -0.05) is 44.2 Å². The van der Waals surface area contributed by atoms with E-state index in [2.05, 4.69) is 21.4 Å². The summed E-state index contributed by atoms with van der Waals surface area (Å²) < 4.78 is 29.3. The number of amides is 3. The number of hydrogen-bond acceptors (Lipinski definition) is 7. The normalized spacial score (nSPS) is 28.0. The van der Waals surface area contributed by atoms with E-state index in [1.807, 2.05) is 37.3 Å². The number of hydrogen-bond donors (Lipinski definition) is 5. The highest BCUT2D eigenvalue weighted by atomic mass is 19.3. The lowest BCUT2D eigenvalue weighted by atomic mass is 10.0. The van der Waals surface area contributed by atoms with Gasteiger partial charge in [0.15, 0.2) is 0 Å². The summed E-state index contributed by atoms with van der Waals surface area (Å²) in [5.41, 5.74) is 5.19. The zero-order valence-electron chi connectivity index (χ0n) is 25.8. The minimum atomic E-state index is -3.00. The number of hydrazine groups is 1. The first-order valence-corrected chi connectivity index (χ1v) is 15.4. The first-order chi connectivity index (χ1) is 20.8. The monoisotopic (exact) mass is 614 g/mol. The summed E-state index contributed by atoms with van der Waals surface area (Å²) in [6.07, 6.45) is 2.20. The molecule has 1 fully saturated rings. The number of halogens is 2. The number of carbonyl (C=O) groups is 3. The van der Waals surface area contributed by atoms with E-state index < -0.39 is 54.6 Å². The van der Waals surface area contributed by atoms with Gasteiger partial charge in [-0.05, 0) is 63.1 Å². The third kappa shape index (κ3) is 8.80. The zero-order valence-corrected chi connectivity index (χ0v) is 25.8. The highest BCUT2D eigenvalue weighted by molar-refractivity contribution is 5.90. The van der Waals surface area contributed by atoms with Gasteiger partial charge in [0.2, 0.25) is 17.7 Å². The molecule has 0 aliphatic carbocycles. The van der Waals surface area contributed by atoms with Crippen molar-refractivity contribution in [2.24, 2.45) is 5.92 Å². The molecule has 1 saturated heterocycles. The number of pyridine rings is 1. The van der Waals surface area contributed by atoms with Crippen molar-refractivity contribution in [1.82, 2.24) is 31.4 Å². The highest BCUT2D eigenvalue weighted by Crippen LogP contribution is 2.27. The number of aliphatic hydroxyl groups excluding tert-OH is 1. The predicted octanol–water partition coefficient (Wildman–Crippen LogP) is 3.57. The lowest BCUT2D eigenvalue weighted by Gasteiger charge is -2.35. The molecule has 0 radical (unpaired) electrons. The third-order valence-electron chi connectivity index (χ3n) is 8.13. The van der Waals surface area contributed by atoms with Gasteiger partial charge < -0.3 is 15.7 Å². The smallest absolute Gasteiger partial charge is 0.258 e. The van der Waals surface area contributed by atoms with E-state index in [1.54, 1.807) is 32.9 Å². The Balaban J connectivity index is 1.57. The zero-order chi connectivity index (χ0) is 32.0. The van der Waals surface area contributed by atoms with Crippen LogP contribution in [0.1, 0.15) is 83.5 Å². The molecule has 240 valence electrons. The lowest BCUT2D eigenvalue weighted by molar-refractivity contribution is -0.143. The van der Waals surface area contributed by atoms with E-state index in [-0.39, 0.29) is 31.1 Å². The Bertz CT molecular complexity index is 1370. The van der Waals surface area contributed by atoms with Crippen molar-refractivity contribution in [3.05, 3.63) is 47.7 Å². The maximum atomic E-state index is 14.7. The molecule has 1 aromatic heterocycles. The van der Waals surface area contributed by atoms with Crippen molar-refractivity contribution in [3.63, 3.8) is 0 Å². The molecule has 3 heterocycles. The van der Waals surface area contributed by atoms with Gasteiger partial charge in [0, 0.05) is 24.8 Å². The number of fused-ring (bicyclic) bond motifs is 4. The van der Waals surface area contributed by atoms with E-state index in [4.69, 9.17) is 4.98 Å². The van der Waals surface area contributed by atoms with Crippen molar-refractivity contribution in [3.8, 4) is 0 Å². The van der Waals surface area contributed by atoms with Crippen molar-refractivity contribution in [1.29, 1.82) is 0 Å². The number of aromatic nitrogens is 1. The van der Waals surface area contributed by atoms with Crippen LogP contribution < -0.4 is 21.4 Å². The predicted molar refractivity (Wildman–Crippen MR) is 164 cm³/mol. The van der Waals surface area contributed by atoms with Gasteiger partial charge in [0.1, 0.15) is 18.3 Å². The quantitative estimate of drug-likeness (QED) is 0.332. The molecule has 5 unspecified atom stereocenters. The Morgan fingerprint density at radius 2 is 1.73 bits per heavy atom. The van der Waals surface area contributed by atoms with E-state index >= 15 is 0 Å². The molecule has 0 saturated carbocycles. The number of allylic oxidation sites excluding steroid dienone is 1. The summed E-state index contributed by atoms with van der Waals surface area (Å²) >= 11 is 0. The van der Waals surface area contributed by atoms with E-state index in [0.29, 0.717) is 30.6 Å². The minimum absolute atomic E-state index is 0.139. The number of benzene rings is 1. The van der Waals surface area contributed by atoms with Crippen molar-refractivity contribution in [2.75, 3.05) is 6.54 Å². The summed E-state index contributed by atoms with van der Waals surface area (Å²) in [5.74, 6) is -4.52. The molecule has 5 atom stereocenters. The average Bonchev–Trinajstić information content (AvgIpc) is 2.99. The Morgan fingerprint density at radius 3 is 2.48 bits per heavy atom. The largest absolute Gasteiger partial charge is 0.379 e. The molecule has 1 aromatic carbocycles. The Labute approximate surface area is 257 Å². The Kier molecular flexibility index (Phi) is 11.0. The molecule has 2 aliphatic rings. The fourth-order valence-electron chi connectivity index (χ4n) is 5.46. The second-order valence-corrected chi connectivity index (χ2v) is 12.2. The number of nitrogens with zero attached hydrogens (tertiary/aromatic N) is 2. The molecule has 2 aromatic rings. The summed E-state index contributed by atoms with van der Waals surface area (Å²) in [4.78, 5) is 44.3. The molecule has 3 amide bonds. The summed E-state index contributed by atoms with van der Waals surface area (Å²) in [5, 5.41) is 21.2. The lowest BCUT2D eigenvalue weighted by Crippen LogP contribution is -2.62. The van der Waals surface area contributed by atoms with Gasteiger partial charge in [-0.15, -0.1) is 0 Å². The van der Waals surface area contributed by atoms with Gasteiger partial charge in [-0.25, -0.2) is 14.2 Å². The van der Waals surface area contributed by atoms with Gasteiger partial charge in [-0.2, -0.15) is 0 Å². The van der Waals surface area contributed by atoms with Crippen LogP contribution in [-0.2, 0) is 14.4 Å². The van der Waals surface area contributed by atoms with Crippen molar-refractivity contribution in [2.45, 2.75) is 103 Å². The Hall–Kier alpha value is -3.48. The Morgan fingerprint density at radius 1 is 1.00 bits per heavy atom. The number of nitrogens with one attached hydrogen (secondary N) is 4. The SMILES string of the molecule is CC1NC(=O)C(C(C)C)NC(O)CCC(F)(F)CCC=Cc2ccc3ccc(nc3c2)C(C)NC(=O)C2CCCN(N2)C1=O. The number of alkyl halides is 2. The first kappa shape index (κ1) is 33.4. The molecule has 2 aliphatic heterocycles. The fraction of sp³-hybridized carbons (Fsp3) is 0.562. The topological polar surface area (TPSA) is 136 Å². The summed E-state index contributed by atoms with van der Waals surface area (Å²) in [6.45, 7) is 7.25. The van der Waals surface area contributed by atoms with Crippen LogP contribution in [-0.4, -0.2) is 69.6 Å². The number of aliphatic hydroxyl groups is 1. The highest BCUT2D eigenvalue weighted by Gasteiger charge is 2.34. The van der Waals surface area contributed by atoms with Crippen molar-refractivity contribution < 1.29 is 28.3 Å². The first-order valence-electron chi connectivity index (χ1n) is 15.4. The van der Waals surface area contributed by atoms with Gasteiger partial charge in [0.25, 0.3) is 5.91 Å². The van der Waals surface area contributed by atoms with Gasteiger partial charge in [-0.3, -0.25) is 29.7 Å². The van der Waals surface area contributed by atoms with Gasteiger partial charge >= 0.3 is 0 Å². The van der Waals surface area contributed by atoms with E-state index in [0.717, 1.165) is 10.9 Å². The maximum absolute atomic E-state index is 14.7. The van der Waals surface area contributed by atoms with Crippen LogP contribution in [0.2, 0.25) is 0 Å². The van der Waals surface area contributed by atoms with Crippen LogP contribution >= 0.6 is 0 Å². The molecule has 5 N–H and O–H groups in total. The molecule has 4 rings (SSSR count). The summed E-state index contributed by atoms with van der Waals surface area (Å²) in [7, 11) is 0. The minimum Gasteiger partial charge on any atom is -0.379 e. The number of carbonyl (C=O) groups excluding carboxylic acids is 3. The fourth-order valence-corrected chi connectivity index (χ4v) is 5.46.